The van der Waals surface area contributed by atoms with Crippen LogP contribution in [0.15, 0.2) is 24.4 Å². The fourth-order valence-corrected chi connectivity index (χ4v) is 3.96. The van der Waals surface area contributed by atoms with Crippen LogP contribution in [0.5, 0.6) is 11.5 Å². The molecule has 0 bridgehead atoms. The molecule has 0 fully saturated rings. The Bertz CT molecular complexity index is 835. The van der Waals surface area contributed by atoms with E-state index in [1.807, 2.05) is 29.3 Å². The van der Waals surface area contributed by atoms with Crippen LogP contribution in [0.1, 0.15) is 36.6 Å². The highest BCUT2D eigenvalue weighted by Crippen LogP contribution is 2.29. The monoisotopic (exact) mass is 384 g/mol. The second-order valence-corrected chi connectivity index (χ2v) is 7.55. The molecular weight excluding hydrogens is 356 g/mol. The van der Waals surface area contributed by atoms with E-state index >= 15 is 0 Å². The van der Waals surface area contributed by atoms with Crippen LogP contribution in [0.2, 0.25) is 0 Å². The van der Waals surface area contributed by atoms with Gasteiger partial charge in [0.05, 0.1) is 13.3 Å². The molecule has 0 spiro atoms. The van der Waals surface area contributed by atoms with Crippen LogP contribution >= 0.6 is 0 Å². The number of carbonyl (C=O) groups is 1. The van der Waals surface area contributed by atoms with E-state index in [9.17, 15) is 4.79 Å². The second-order valence-electron chi connectivity index (χ2n) is 7.55. The highest BCUT2D eigenvalue weighted by Gasteiger charge is 2.25. The van der Waals surface area contributed by atoms with Gasteiger partial charge in [-0.1, -0.05) is 6.92 Å². The number of H-pyrrole nitrogens is 1. The van der Waals surface area contributed by atoms with Crippen LogP contribution in [0.25, 0.3) is 0 Å². The molecular formula is C21H28N4O3. The van der Waals surface area contributed by atoms with Crippen LogP contribution in [0.3, 0.4) is 0 Å². The molecule has 2 aliphatic rings. The number of ether oxygens (including phenoxy) is 2. The molecule has 150 valence electrons. The summed E-state index contributed by atoms with van der Waals surface area (Å²) in [5, 5.41) is 7.10. The third kappa shape index (κ3) is 3.99. The summed E-state index contributed by atoms with van der Waals surface area (Å²) in [6.07, 6.45) is 4.27. The molecule has 2 aromatic rings. The largest absolute Gasteiger partial charge is 0.497 e. The Hall–Kier alpha value is -2.54. The number of aromatic nitrogens is 2. The standard InChI is InChI=1S/C21H28N4O3/c1-3-17-14-24(12-15-10-18(27-2)4-5-20(15)28-17)8-7-21(26)25-9-6-19-16(13-25)11-22-23-19/h4-5,10-11,17H,3,6-9,12-14H2,1-2H3,(H,22,23)/t17-/m0/s1. The van der Waals surface area contributed by atoms with E-state index in [-0.39, 0.29) is 12.0 Å². The number of nitrogens with zero attached hydrogens (tertiary/aromatic N) is 3. The lowest BCUT2D eigenvalue weighted by Gasteiger charge is -2.28. The number of carbonyl (C=O) groups excluding carboxylic acids is 1. The second kappa shape index (κ2) is 8.22. The van der Waals surface area contributed by atoms with Crippen LogP contribution in [-0.2, 0) is 24.3 Å². The number of aromatic amines is 1. The number of benzene rings is 1. The molecule has 0 radical (unpaired) electrons. The smallest absolute Gasteiger partial charge is 0.224 e. The maximum Gasteiger partial charge on any atom is 0.224 e. The fourth-order valence-electron chi connectivity index (χ4n) is 3.96. The Balaban J connectivity index is 1.40. The van der Waals surface area contributed by atoms with Crippen LogP contribution in [-0.4, -0.2) is 58.8 Å². The first kappa shape index (κ1) is 18.8. The van der Waals surface area contributed by atoms with Gasteiger partial charge in [0.15, 0.2) is 0 Å². The summed E-state index contributed by atoms with van der Waals surface area (Å²) in [5.74, 6) is 1.96. The van der Waals surface area contributed by atoms with Crippen molar-refractivity contribution in [2.75, 3.05) is 26.7 Å². The van der Waals surface area contributed by atoms with Crippen molar-refractivity contribution < 1.29 is 14.3 Å². The zero-order valence-corrected chi connectivity index (χ0v) is 16.6. The van der Waals surface area contributed by atoms with E-state index in [0.29, 0.717) is 13.0 Å². The number of fused-ring (bicyclic) bond motifs is 2. The Morgan fingerprint density at radius 2 is 2.25 bits per heavy atom. The van der Waals surface area contributed by atoms with Gasteiger partial charge in [-0.15, -0.1) is 0 Å². The zero-order chi connectivity index (χ0) is 19.5. The first-order valence-corrected chi connectivity index (χ1v) is 10.0. The number of hydrogen-bond acceptors (Lipinski definition) is 5. The predicted octanol–water partition coefficient (Wildman–Crippen LogP) is 2.37. The molecule has 28 heavy (non-hydrogen) atoms. The van der Waals surface area contributed by atoms with Crippen LogP contribution in [0.4, 0.5) is 0 Å². The lowest BCUT2D eigenvalue weighted by Crippen LogP contribution is -2.39. The van der Waals surface area contributed by atoms with Gasteiger partial charge >= 0.3 is 0 Å². The summed E-state index contributed by atoms with van der Waals surface area (Å²) in [5.41, 5.74) is 3.41. The van der Waals surface area contributed by atoms with E-state index in [4.69, 9.17) is 9.47 Å². The number of hydrogen-bond donors (Lipinski definition) is 1. The summed E-state index contributed by atoms with van der Waals surface area (Å²) >= 11 is 0. The molecule has 0 aliphatic carbocycles. The van der Waals surface area contributed by atoms with E-state index < -0.39 is 0 Å². The van der Waals surface area contributed by atoms with E-state index in [1.165, 1.54) is 0 Å². The average Bonchev–Trinajstić information content (AvgIpc) is 3.11. The summed E-state index contributed by atoms with van der Waals surface area (Å²) < 4.78 is 11.6. The van der Waals surface area contributed by atoms with Crippen molar-refractivity contribution >= 4 is 5.91 Å². The van der Waals surface area contributed by atoms with Gasteiger partial charge in [0.1, 0.15) is 17.6 Å². The van der Waals surface area contributed by atoms with Crippen molar-refractivity contribution in [1.82, 2.24) is 20.0 Å². The lowest BCUT2D eigenvalue weighted by atomic mass is 10.1. The molecule has 3 heterocycles. The van der Waals surface area contributed by atoms with Gasteiger partial charge < -0.3 is 14.4 Å². The Labute approximate surface area is 165 Å². The minimum atomic E-state index is 0.133. The van der Waals surface area contributed by atoms with Crippen molar-refractivity contribution in [3.8, 4) is 11.5 Å². The molecule has 1 aromatic heterocycles. The normalized spacial score (nSPS) is 19.4. The minimum absolute atomic E-state index is 0.133. The van der Waals surface area contributed by atoms with Crippen molar-refractivity contribution in [2.24, 2.45) is 0 Å². The summed E-state index contributed by atoms with van der Waals surface area (Å²) in [7, 11) is 1.68. The number of rotatable bonds is 5. The number of nitrogens with one attached hydrogen (secondary N) is 1. The molecule has 2 aliphatic heterocycles. The molecule has 4 rings (SSSR count). The van der Waals surface area contributed by atoms with E-state index in [2.05, 4.69) is 22.0 Å². The third-order valence-corrected chi connectivity index (χ3v) is 5.67. The quantitative estimate of drug-likeness (QED) is 0.857. The van der Waals surface area contributed by atoms with Gasteiger partial charge in [-0.25, -0.2) is 0 Å². The number of methoxy groups -OCH3 is 1. The highest BCUT2D eigenvalue weighted by atomic mass is 16.5. The number of amides is 1. The summed E-state index contributed by atoms with van der Waals surface area (Å²) in [4.78, 5) is 17.0. The maximum absolute atomic E-state index is 12.8. The van der Waals surface area contributed by atoms with Crippen LogP contribution < -0.4 is 9.47 Å². The molecule has 7 nitrogen and oxygen atoms in total. The third-order valence-electron chi connectivity index (χ3n) is 5.67. The SMILES string of the molecule is CC[C@H]1CN(CCC(=O)N2CCc3[nH]ncc3C2)Cc2cc(OC)ccc2O1. The molecule has 0 saturated carbocycles. The Morgan fingerprint density at radius 1 is 1.36 bits per heavy atom. The molecule has 1 aromatic carbocycles. The van der Waals surface area contributed by atoms with Gasteiger partial charge in [0, 0.05) is 62.4 Å². The zero-order valence-electron chi connectivity index (χ0n) is 16.6. The average molecular weight is 384 g/mol. The van der Waals surface area contributed by atoms with Crippen molar-refractivity contribution in [2.45, 2.75) is 45.4 Å². The molecule has 1 N–H and O–H groups in total. The maximum atomic E-state index is 12.8. The van der Waals surface area contributed by atoms with Crippen molar-refractivity contribution in [1.29, 1.82) is 0 Å². The summed E-state index contributed by atoms with van der Waals surface area (Å²) in [6, 6.07) is 5.96. The molecule has 7 heteroatoms. The van der Waals surface area contributed by atoms with E-state index in [0.717, 1.165) is 67.3 Å². The van der Waals surface area contributed by atoms with Crippen molar-refractivity contribution in [3.63, 3.8) is 0 Å². The molecule has 0 unspecified atom stereocenters. The van der Waals surface area contributed by atoms with Gasteiger partial charge in [0.2, 0.25) is 5.91 Å². The highest BCUT2D eigenvalue weighted by molar-refractivity contribution is 5.76. The topological polar surface area (TPSA) is 70.7 Å². The first-order chi connectivity index (χ1) is 13.7. The van der Waals surface area contributed by atoms with Gasteiger partial charge in [-0.3, -0.25) is 14.8 Å². The molecule has 0 saturated heterocycles. The minimum Gasteiger partial charge on any atom is -0.497 e. The van der Waals surface area contributed by atoms with Gasteiger partial charge in [-0.2, -0.15) is 5.10 Å². The van der Waals surface area contributed by atoms with Crippen molar-refractivity contribution in [3.05, 3.63) is 41.2 Å². The summed E-state index contributed by atoms with van der Waals surface area (Å²) in [6.45, 7) is 5.87. The van der Waals surface area contributed by atoms with Gasteiger partial charge in [0.25, 0.3) is 0 Å². The Kier molecular flexibility index (Phi) is 5.52. The first-order valence-electron chi connectivity index (χ1n) is 10.0. The van der Waals surface area contributed by atoms with Gasteiger partial charge in [-0.05, 0) is 24.6 Å². The molecule has 1 amide bonds. The lowest BCUT2D eigenvalue weighted by molar-refractivity contribution is -0.132. The molecule has 1 atom stereocenters. The predicted molar refractivity (Wildman–Crippen MR) is 105 cm³/mol. The Morgan fingerprint density at radius 3 is 3.07 bits per heavy atom. The van der Waals surface area contributed by atoms with Crippen LogP contribution in [0, 0.1) is 0 Å². The van der Waals surface area contributed by atoms with E-state index in [1.54, 1.807) is 7.11 Å². The fraction of sp³-hybridized carbons (Fsp3) is 0.524.